The molecule has 0 saturated heterocycles. The molecule has 0 rings (SSSR count). The second kappa shape index (κ2) is 13.7. The van der Waals surface area contributed by atoms with Crippen molar-refractivity contribution in [2.75, 3.05) is 0 Å². The van der Waals surface area contributed by atoms with Gasteiger partial charge in [-0.1, -0.05) is 39.5 Å². The summed E-state index contributed by atoms with van der Waals surface area (Å²) in [5, 5.41) is 15.0. The van der Waals surface area contributed by atoms with Crippen LogP contribution in [0.25, 0.3) is 0 Å². The molecule has 110 valence electrons. The number of rotatable bonds is 3. The molecule has 10 heteroatoms. The Morgan fingerprint density at radius 2 is 1.28 bits per heavy atom. The van der Waals surface area contributed by atoms with E-state index in [1.165, 1.54) is 25.7 Å². The van der Waals surface area contributed by atoms with Gasteiger partial charge in [0.15, 0.2) is 11.9 Å². The summed E-state index contributed by atoms with van der Waals surface area (Å²) in [7, 11) is -4.67. The number of guanidine groups is 2. The van der Waals surface area contributed by atoms with E-state index in [4.69, 9.17) is 39.8 Å². The Morgan fingerprint density at radius 1 is 1.06 bits per heavy atom. The Morgan fingerprint density at radius 3 is 1.33 bits per heavy atom. The summed E-state index contributed by atoms with van der Waals surface area (Å²) in [5.74, 6) is -0.625. The second-order valence-corrected chi connectivity index (χ2v) is 4.00. The van der Waals surface area contributed by atoms with Crippen LogP contribution in [-0.2, 0) is 10.4 Å². The lowest BCUT2D eigenvalue weighted by Crippen LogP contribution is -2.39. The average molecular weight is 285 g/mol. The highest BCUT2D eigenvalue weighted by molar-refractivity contribution is 7.79. The lowest BCUT2D eigenvalue weighted by Gasteiger charge is -1.95. The third-order valence-corrected chi connectivity index (χ3v) is 1.23. The molecule has 0 amide bonds. The summed E-state index contributed by atoms with van der Waals surface area (Å²) in [6, 6.07) is 0. The summed E-state index contributed by atoms with van der Waals surface area (Å²) in [5.41, 5.74) is 9.49. The average Bonchev–Trinajstić information content (AvgIpc) is 2.10. The highest BCUT2D eigenvalue weighted by Gasteiger charge is 1.84. The molecule has 0 heterocycles. The minimum absolute atomic E-state index is 0.312. The fourth-order valence-corrected chi connectivity index (χ4v) is 0.645. The molecule has 9 nitrogen and oxygen atoms in total. The van der Waals surface area contributed by atoms with Gasteiger partial charge in [0, 0.05) is 0 Å². The number of hydrogen-bond acceptors (Lipinski definition) is 4. The molecule has 0 bridgehead atoms. The molecule has 0 fully saturated rings. The lowest BCUT2D eigenvalue weighted by atomic mass is 10.2. The zero-order valence-electron chi connectivity index (χ0n) is 10.6. The van der Waals surface area contributed by atoms with E-state index < -0.39 is 10.4 Å². The SMILES string of the molecule is CCCCCC.N=C(N)NC(=N)N.O=S(=O)(O)O. The summed E-state index contributed by atoms with van der Waals surface area (Å²) < 4.78 is 31.6. The number of hydrogen-bond donors (Lipinski definition) is 7. The molecule has 0 aromatic heterocycles. The molecule has 0 aliphatic rings. The minimum Gasteiger partial charge on any atom is -0.370 e. The molecular formula is C8H23N5O4S. The van der Waals surface area contributed by atoms with Crippen molar-refractivity contribution in [3.63, 3.8) is 0 Å². The standard InChI is InChI=1S/C6H14.C2H7N5.H2O4S/c1-3-5-6-4-2;3-1(4)7-2(5)6;1-5(2,3)4/h3-6H2,1-2H3;(H7,3,4,5,6,7);(H2,1,2,3,4). The molecule has 9 N–H and O–H groups in total. The van der Waals surface area contributed by atoms with Gasteiger partial charge in [-0.25, -0.2) is 0 Å². The topological polar surface area (TPSA) is 186 Å². The molecule has 0 atom stereocenters. The molecule has 0 aliphatic carbocycles. The summed E-state index contributed by atoms with van der Waals surface area (Å²) in [4.78, 5) is 0. The van der Waals surface area contributed by atoms with Crippen molar-refractivity contribution in [1.82, 2.24) is 5.32 Å². The molecule has 18 heavy (non-hydrogen) atoms. The van der Waals surface area contributed by atoms with E-state index in [9.17, 15) is 0 Å². The van der Waals surface area contributed by atoms with E-state index in [1.54, 1.807) is 0 Å². The van der Waals surface area contributed by atoms with Crippen molar-refractivity contribution in [3.05, 3.63) is 0 Å². The lowest BCUT2D eigenvalue weighted by molar-refractivity contribution is 0.381. The van der Waals surface area contributed by atoms with E-state index in [0.29, 0.717) is 0 Å². The molecule has 0 spiro atoms. The minimum atomic E-state index is -4.67. The summed E-state index contributed by atoms with van der Waals surface area (Å²) in [6.45, 7) is 4.46. The van der Waals surface area contributed by atoms with E-state index in [0.717, 1.165) is 0 Å². The smallest absolute Gasteiger partial charge is 0.370 e. The first-order valence-corrected chi connectivity index (χ1v) is 6.59. The van der Waals surface area contributed by atoms with Crippen molar-refractivity contribution >= 4 is 22.3 Å². The predicted octanol–water partition coefficient (Wildman–Crippen LogP) is 0.297. The van der Waals surface area contributed by atoms with Crippen LogP contribution in [0.3, 0.4) is 0 Å². The summed E-state index contributed by atoms with van der Waals surface area (Å²) >= 11 is 0. The predicted molar refractivity (Wildman–Crippen MR) is 71.0 cm³/mol. The van der Waals surface area contributed by atoms with Crippen LogP contribution in [0.4, 0.5) is 0 Å². The first-order chi connectivity index (χ1) is 8.04. The molecular weight excluding hydrogens is 262 g/mol. The molecule has 0 saturated carbocycles. The molecule has 0 aromatic carbocycles. The van der Waals surface area contributed by atoms with Crippen LogP contribution >= 0.6 is 0 Å². The second-order valence-electron chi connectivity index (χ2n) is 3.11. The maximum absolute atomic E-state index is 8.74. The van der Waals surface area contributed by atoms with Crippen LogP contribution in [0.5, 0.6) is 0 Å². The Hall–Kier alpha value is -1.39. The van der Waals surface area contributed by atoms with Gasteiger partial charge in [-0.05, 0) is 0 Å². The van der Waals surface area contributed by atoms with E-state index in [2.05, 4.69) is 13.8 Å². The fourth-order valence-electron chi connectivity index (χ4n) is 0.645. The van der Waals surface area contributed by atoms with Gasteiger partial charge in [0.25, 0.3) is 0 Å². The van der Waals surface area contributed by atoms with Crippen molar-refractivity contribution in [2.45, 2.75) is 39.5 Å². The Labute approximate surface area is 108 Å². The quantitative estimate of drug-likeness (QED) is 0.168. The molecule has 0 aromatic rings. The normalized spacial score (nSPS) is 9.11. The van der Waals surface area contributed by atoms with Crippen LogP contribution in [0.1, 0.15) is 39.5 Å². The van der Waals surface area contributed by atoms with Gasteiger partial charge < -0.3 is 11.5 Å². The van der Waals surface area contributed by atoms with Crippen LogP contribution in [0.2, 0.25) is 0 Å². The van der Waals surface area contributed by atoms with E-state index in [1.807, 2.05) is 5.32 Å². The van der Waals surface area contributed by atoms with Crippen molar-refractivity contribution in [3.8, 4) is 0 Å². The maximum Gasteiger partial charge on any atom is 0.394 e. The van der Waals surface area contributed by atoms with Crippen LogP contribution in [-0.4, -0.2) is 29.4 Å². The maximum atomic E-state index is 8.74. The van der Waals surface area contributed by atoms with Gasteiger partial charge in [0.05, 0.1) is 0 Å². The number of unbranched alkanes of at least 4 members (excludes halogenated alkanes) is 3. The molecule has 0 aliphatic heterocycles. The number of nitrogens with one attached hydrogen (secondary N) is 3. The summed E-state index contributed by atoms with van der Waals surface area (Å²) in [6.07, 6.45) is 5.54. The van der Waals surface area contributed by atoms with Gasteiger partial charge in [-0.3, -0.25) is 25.2 Å². The van der Waals surface area contributed by atoms with Crippen molar-refractivity contribution < 1.29 is 17.5 Å². The molecule has 0 radical (unpaired) electrons. The van der Waals surface area contributed by atoms with Gasteiger partial charge in [-0.2, -0.15) is 8.42 Å². The highest BCUT2D eigenvalue weighted by atomic mass is 32.3. The third kappa shape index (κ3) is 86.0. The Kier molecular flexibility index (Phi) is 16.6. The monoisotopic (exact) mass is 285 g/mol. The zero-order valence-corrected chi connectivity index (χ0v) is 11.4. The molecule has 0 unspecified atom stereocenters. The first kappa shape index (κ1) is 21.9. The Balaban J connectivity index is -0.000000190. The third-order valence-electron chi connectivity index (χ3n) is 1.23. The van der Waals surface area contributed by atoms with Crippen LogP contribution in [0.15, 0.2) is 0 Å². The van der Waals surface area contributed by atoms with Gasteiger partial charge in [0.1, 0.15) is 0 Å². The van der Waals surface area contributed by atoms with E-state index >= 15 is 0 Å². The van der Waals surface area contributed by atoms with Crippen LogP contribution in [0, 0.1) is 10.8 Å². The van der Waals surface area contributed by atoms with Crippen LogP contribution < -0.4 is 16.8 Å². The van der Waals surface area contributed by atoms with Gasteiger partial charge in [-0.15, -0.1) is 0 Å². The Bertz CT molecular complexity index is 293. The number of nitrogens with two attached hydrogens (primary N) is 2. The van der Waals surface area contributed by atoms with Crippen molar-refractivity contribution in [1.29, 1.82) is 10.8 Å². The largest absolute Gasteiger partial charge is 0.394 e. The first-order valence-electron chi connectivity index (χ1n) is 5.19. The van der Waals surface area contributed by atoms with Gasteiger partial charge >= 0.3 is 10.4 Å². The zero-order chi connectivity index (χ0) is 15.2. The van der Waals surface area contributed by atoms with Gasteiger partial charge in [0.2, 0.25) is 0 Å². The highest BCUT2D eigenvalue weighted by Crippen LogP contribution is 1.95. The van der Waals surface area contributed by atoms with Crippen molar-refractivity contribution in [2.24, 2.45) is 11.5 Å². The van der Waals surface area contributed by atoms with E-state index in [-0.39, 0.29) is 11.9 Å². The fraction of sp³-hybridized carbons (Fsp3) is 0.750.